The lowest BCUT2D eigenvalue weighted by atomic mass is 10.0. The first-order valence-electron chi connectivity index (χ1n) is 7.85. The minimum absolute atomic E-state index is 0.0658. The molecule has 2 atom stereocenters. The molecule has 0 unspecified atom stereocenters. The van der Waals surface area contributed by atoms with Gasteiger partial charge >= 0.3 is 12.2 Å². The lowest BCUT2D eigenvalue weighted by molar-refractivity contribution is -0.253. The molecule has 0 aromatic carbocycles. The average molecular weight is 348 g/mol. The van der Waals surface area contributed by atoms with Crippen LogP contribution in [-0.2, 0) is 6.54 Å². The summed E-state index contributed by atoms with van der Waals surface area (Å²) in [5.74, 6) is 0.0658. The predicted molar refractivity (Wildman–Crippen MR) is 81.5 cm³/mol. The van der Waals surface area contributed by atoms with Crippen LogP contribution in [0.2, 0.25) is 0 Å². The van der Waals surface area contributed by atoms with Gasteiger partial charge in [-0.2, -0.15) is 18.3 Å². The highest BCUT2D eigenvalue weighted by Gasteiger charge is 2.57. The van der Waals surface area contributed by atoms with Crippen molar-refractivity contribution in [1.29, 1.82) is 0 Å². The SMILES string of the molecule is Cc1cc(C)n(C[C@H](C)CNC(=O)N2CC[C@](O)(C(F)(F)F)C2)n1. The highest BCUT2D eigenvalue weighted by atomic mass is 19.4. The number of alkyl halides is 3. The maximum Gasteiger partial charge on any atom is 0.419 e. The van der Waals surface area contributed by atoms with Crippen LogP contribution in [0.15, 0.2) is 6.07 Å². The number of urea groups is 1. The summed E-state index contributed by atoms with van der Waals surface area (Å²) in [7, 11) is 0. The van der Waals surface area contributed by atoms with E-state index in [1.807, 2.05) is 31.5 Å². The normalized spacial score (nSPS) is 22.7. The first-order valence-corrected chi connectivity index (χ1v) is 7.85. The Morgan fingerprint density at radius 1 is 1.50 bits per heavy atom. The fourth-order valence-corrected chi connectivity index (χ4v) is 2.79. The number of aliphatic hydroxyl groups is 1. The van der Waals surface area contributed by atoms with Crippen molar-refractivity contribution in [3.05, 3.63) is 17.5 Å². The molecule has 0 radical (unpaired) electrons. The molecule has 2 heterocycles. The van der Waals surface area contributed by atoms with Crippen LogP contribution in [0.1, 0.15) is 24.7 Å². The van der Waals surface area contributed by atoms with Crippen molar-refractivity contribution >= 4 is 6.03 Å². The number of nitrogens with one attached hydrogen (secondary N) is 1. The van der Waals surface area contributed by atoms with Gasteiger partial charge in [-0.05, 0) is 25.8 Å². The summed E-state index contributed by atoms with van der Waals surface area (Å²) >= 11 is 0. The van der Waals surface area contributed by atoms with Gasteiger partial charge in [-0.1, -0.05) is 6.92 Å². The number of carbonyl (C=O) groups is 1. The van der Waals surface area contributed by atoms with Crippen LogP contribution in [0.25, 0.3) is 0 Å². The van der Waals surface area contributed by atoms with Crippen LogP contribution in [0, 0.1) is 19.8 Å². The van der Waals surface area contributed by atoms with Gasteiger partial charge in [-0.25, -0.2) is 4.79 Å². The summed E-state index contributed by atoms with van der Waals surface area (Å²) in [6.45, 7) is 5.83. The Hall–Kier alpha value is -1.77. The number of carbonyl (C=O) groups excluding carboxylic acids is 1. The zero-order valence-electron chi connectivity index (χ0n) is 14.0. The number of β-amino-alcohol motifs (C(OH)–C–C–N with tert-alkyl or cyclic N) is 1. The number of hydrogen-bond donors (Lipinski definition) is 2. The largest absolute Gasteiger partial charge is 0.419 e. The van der Waals surface area contributed by atoms with Crippen molar-refractivity contribution in [3.8, 4) is 0 Å². The van der Waals surface area contributed by atoms with E-state index in [0.29, 0.717) is 13.1 Å². The molecule has 0 aliphatic carbocycles. The number of rotatable bonds is 4. The molecule has 1 aromatic rings. The molecule has 2 N–H and O–H groups in total. The van der Waals surface area contributed by atoms with E-state index in [4.69, 9.17) is 0 Å². The third-order valence-electron chi connectivity index (χ3n) is 4.25. The third kappa shape index (κ3) is 4.00. The minimum atomic E-state index is -4.73. The molecule has 0 saturated carbocycles. The van der Waals surface area contributed by atoms with E-state index in [0.717, 1.165) is 16.3 Å². The van der Waals surface area contributed by atoms with E-state index in [2.05, 4.69) is 10.4 Å². The van der Waals surface area contributed by atoms with Crippen molar-refractivity contribution in [1.82, 2.24) is 20.0 Å². The fraction of sp³-hybridized carbons (Fsp3) is 0.733. The van der Waals surface area contributed by atoms with E-state index >= 15 is 0 Å². The molecule has 0 spiro atoms. The van der Waals surface area contributed by atoms with Crippen LogP contribution < -0.4 is 5.32 Å². The first kappa shape index (κ1) is 18.6. The molecule has 2 rings (SSSR count). The Morgan fingerprint density at radius 2 is 2.17 bits per heavy atom. The molecular weight excluding hydrogens is 325 g/mol. The van der Waals surface area contributed by atoms with Crippen molar-refractivity contribution in [3.63, 3.8) is 0 Å². The van der Waals surface area contributed by atoms with Gasteiger partial charge in [0.15, 0.2) is 5.60 Å². The Morgan fingerprint density at radius 3 is 2.67 bits per heavy atom. The molecule has 1 saturated heterocycles. The van der Waals surface area contributed by atoms with Gasteiger partial charge < -0.3 is 15.3 Å². The molecule has 1 fully saturated rings. The van der Waals surface area contributed by atoms with Crippen molar-refractivity contribution < 1.29 is 23.1 Å². The number of aromatic nitrogens is 2. The van der Waals surface area contributed by atoms with Gasteiger partial charge in [0.05, 0.1) is 12.2 Å². The molecule has 24 heavy (non-hydrogen) atoms. The van der Waals surface area contributed by atoms with Gasteiger partial charge in [-0.15, -0.1) is 0 Å². The molecule has 1 aromatic heterocycles. The quantitative estimate of drug-likeness (QED) is 0.872. The van der Waals surface area contributed by atoms with E-state index in [-0.39, 0.29) is 12.5 Å². The number of hydrogen-bond acceptors (Lipinski definition) is 3. The highest BCUT2D eigenvalue weighted by Crippen LogP contribution is 2.37. The van der Waals surface area contributed by atoms with Crippen molar-refractivity contribution in [2.24, 2.45) is 5.92 Å². The molecule has 0 bridgehead atoms. The van der Waals surface area contributed by atoms with Crippen LogP contribution in [0.5, 0.6) is 0 Å². The molecular formula is C15H23F3N4O2. The fourth-order valence-electron chi connectivity index (χ4n) is 2.79. The Balaban J connectivity index is 1.82. The second-order valence-electron chi connectivity index (χ2n) is 6.60. The van der Waals surface area contributed by atoms with Gasteiger partial charge in [0.1, 0.15) is 0 Å². The second kappa shape index (κ2) is 6.62. The summed E-state index contributed by atoms with van der Waals surface area (Å²) in [5, 5.41) is 16.6. The zero-order valence-corrected chi connectivity index (χ0v) is 14.0. The van der Waals surface area contributed by atoms with Gasteiger partial charge in [0, 0.05) is 31.7 Å². The number of halogens is 3. The van der Waals surface area contributed by atoms with Crippen LogP contribution >= 0.6 is 0 Å². The minimum Gasteiger partial charge on any atom is -0.379 e. The van der Waals surface area contributed by atoms with E-state index in [9.17, 15) is 23.1 Å². The summed E-state index contributed by atoms with van der Waals surface area (Å²) in [4.78, 5) is 13.0. The van der Waals surface area contributed by atoms with Crippen molar-refractivity contribution in [2.75, 3.05) is 19.6 Å². The van der Waals surface area contributed by atoms with E-state index in [1.54, 1.807) is 0 Å². The number of likely N-dealkylation sites (tertiary alicyclic amines) is 1. The molecule has 1 aliphatic heterocycles. The predicted octanol–water partition coefficient (Wildman–Crippen LogP) is 1.84. The van der Waals surface area contributed by atoms with Crippen LogP contribution in [0.3, 0.4) is 0 Å². The summed E-state index contributed by atoms with van der Waals surface area (Å²) in [6.07, 6.45) is -5.23. The molecule has 6 nitrogen and oxygen atoms in total. The van der Waals surface area contributed by atoms with Gasteiger partial charge in [-0.3, -0.25) is 4.68 Å². The molecule has 1 aliphatic rings. The smallest absolute Gasteiger partial charge is 0.379 e. The van der Waals surface area contributed by atoms with Gasteiger partial charge in [0.2, 0.25) is 0 Å². The van der Waals surface area contributed by atoms with Crippen LogP contribution in [-0.4, -0.2) is 57.2 Å². The Bertz CT molecular complexity index is 602. The first-order chi connectivity index (χ1) is 11.0. The monoisotopic (exact) mass is 348 g/mol. The molecule has 136 valence electrons. The summed E-state index contributed by atoms with van der Waals surface area (Å²) in [6, 6.07) is 1.36. The Kier molecular flexibility index (Phi) is 5.12. The number of amides is 2. The van der Waals surface area contributed by atoms with Crippen LogP contribution in [0.4, 0.5) is 18.0 Å². The maximum absolute atomic E-state index is 12.8. The number of nitrogens with zero attached hydrogens (tertiary/aromatic N) is 3. The van der Waals surface area contributed by atoms with E-state index in [1.165, 1.54) is 0 Å². The molecule has 9 heteroatoms. The standard InChI is InChI=1S/C15H23F3N4O2/c1-10(8-22-12(3)6-11(2)20-22)7-19-13(23)21-5-4-14(24,9-21)15(16,17)18/h6,10,24H,4-5,7-9H2,1-3H3,(H,19,23)/t10-,14-/m1/s1. The average Bonchev–Trinajstić information content (AvgIpc) is 3.00. The zero-order chi connectivity index (χ0) is 18.1. The lowest BCUT2D eigenvalue weighted by Crippen LogP contribution is -2.49. The number of aryl methyl sites for hydroxylation is 2. The summed E-state index contributed by atoms with van der Waals surface area (Å²) in [5.41, 5.74) is -0.882. The van der Waals surface area contributed by atoms with Crippen molar-refractivity contribution in [2.45, 2.75) is 45.5 Å². The highest BCUT2D eigenvalue weighted by molar-refractivity contribution is 5.74. The van der Waals surface area contributed by atoms with Gasteiger partial charge in [0.25, 0.3) is 0 Å². The Labute approximate surface area is 138 Å². The maximum atomic E-state index is 12.8. The van der Waals surface area contributed by atoms with E-state index < -0.39 is 30.8 Å². The lowest BCUT2D eigenvalue weighted by Gasteiger charge is -2.26. The third-order valence-corrected chi connectivity index (χ3v) is 4.25. The molecule has 2 amide bonds. The summed E-state index contributed by atoms with van der Waals surface area (Å²) < 4.78 is 40.1. The second-order valence-corrected chi connectivity index (χ2v) is 6.60. The topological polar surface area (TPSA) is 70.4 Å².